The van der Waals surface area contributed by atoms with Gasteiger partial charge in [0, 0.05) is 48.7 Å². The van der Waals surface area contributed by atoms with Crippen molar-refractivity contribution < 1.29 is 5.11 Å². The molecule has 0 aromatic heterocycles. The Morgan fingerprint density at radius 1 is 1.33 bits per heavy atom. The van der Waals surface area contributed by atoms with Crippen molar-refractivity contribution in [3.05, 3.63) is 33.8 Å². The number of hydrogen-bond donors (Lipinski definition) is 2. The smallest absolute Gasteiger partial charge is 0.0500 e. The number of aryl methyl sites for hydroxylation is 1. The summed E-state index contributed by atoms with van der Waals surface area (Å²) in [7, 11) is 0. The molecule has 0 aliphatic carbocycles. The Balaban J connectivity index is 0.00000220. The number of hydrogen-bond acceptors (Lipinski definition) is 3. The second-order valence-electron chi connectivity index (χ2n) is 6.36. The van der Waals surface area contributed by atoms with Gasteiger partial charge in [0.1, 0.15) is 0 Å². The highest BCUT2D eigenvalue weighted by molar-refractivity contribution is 9.10. The largest absolute Gasteiger partial charge is 0.396 e. The van der Waals surface area contributed by atoms with Crippen LogP contribution in [0.3, 0.4) is 0 Å². The first-order valence-electron chi connectivity index (χ1n) is 7.27. The van der Waals surface area contributed by atoms with Crippen molar-refractivity contribution in [1.82, 2.24) is 10.2 Å². The average molecular weight is 378 g/mol. The standard InChI is InChI=1S/C16H25BrN2O.ClH/c1-12-4-5-13(14(17)10-12)15(16(2,3)11-20)19-8-6-18-7-9-19;/h4-5,10,15,18,20H,6-9,11H2,1-3H3;1H/t15-;/m1./s1. The summed E-state index contributed by atoms with van der Waals surface area (Å²) in [4.78, 5) is 2.49. The van der Waals surface area contributed by atoms with E-state index in [1.807, 2.05) is 0 Å². The summed E-state index contributed by atoms with van der Waals surface area (Å²) in [6.45, 7) is 10.7. The third-order valence-corrected chi connectivity index (χ3v) is 4.80. The summed E-state index contributed by atoms with van der Waals surface area (Å²) >= 11 is 3.71. The van der Waals surface area contributed by atoms with Gasteiger partial charge in [-0.3, -0.25) is 4.90 Å². The molecular weight excluding hydrogens is 352 g/mol. The molecule has 1 aromatic carbocycles. The van der Waals surface area contributed by atoms with Crippen LogP contribution >= 0.6 is 28.3 Å². The third kappa shape index (κ3) is 4.42. The van der Waals surface area contributed by atoms with E-state index in [2.05, 4.69) is 65.1 Å². The molecular formula is C16H26BrClN2O. The maximum absolute atomic E-state index is 9.84. The van der Waals surface area contributed by atoms with Crippen LogP contribution in [0.2, 0.25) is 0 Å². The molecule has 1 aliphatic heterocycles. The molecule has 0 spiro atoms. The Labute approximate surface area is 142 Å². The fourth-order valence-corrected chi connectivity index (χ4v) is 3.70. The molecule has 0 saturated carbocycles. The zero-order chi connectivity index (χ0) is 14.8. The van der Waals surface area contributed by atoms with Crippen LogP contribution < -0.4 is 5.32 Å². The van der Waals surface area contributed by atoms with Crippen LogP contribution in [0, 0.1) is 12.3 Å². The number of benzene rings is 1. The second kappa shape index (κ2) is 7.93. The number of nitrogens with one attached hydrogen (secondary N) is 1. The Morgan fingerprint density at radius 3 is 2.48 bits per heavy atom. The monoisotopic (exact) mass is 376 g/mol. The molecule has 21 heavy (non-hydrogen) atoms. The van der Waals surface area contributed by atoms with E-state index in [1.165, 1.54) is 11.1 Å². The lowest BCUT2D eigenvalue weighted by atomic mass is 9.79. The number of aliphatic hydroxyl groups excluding tert-OH is 1. The summed E-state index contributed by atoms with van der Waals surface area (Å²) in [5.74, 6) is 0. The van der Waals surface area contributed by atoms with Crippen LogP contribution in [-0.4, -0.2) is 42.8 Å². The molecule has 2 rings (SSSR count). The molecule has 3 nitrogen and oxygen atoms in total. The highest BCUT2D eigenvalue weighted by Crippen LogP contribution is 2.41. The topological polar surface area (TPSA) is 35.5 Å². The first-order chi connectivity index (χ1) is 9.45. The quantitative estimate of drug-likeness (QED) is 0.846. The zero-order valence-corrected chi connectivity index (χ0v) is 15.4. The highest BCUT2D eigenvalue weighted by atomic mass is 79.9. The summed E-state index contributed by atoms with van der Waals surface area (Å²) in [6, 6.07) is 6.74. The molecule has 1 heterocycles. The minimum absolute atomic E-state index is 0. The highest BCUT2D eigenvalue weighted by Gasteiger charge is 2.36. The van der Waals surface area contributed by atoms with Crippen molar-refractivity contribution >= 4 is 28.3 Å². The van der Waals surface area contributed by atoms with Crippen LogP contribution in [0.25, 0.3) is 0 Å². The first-order valence-corrected chi connectivity index (χ1v) is 8.06. The normalized spacial score (nSPS) is 18.1. The third-order valence-electron chi connectivity index (χ3n) is 4.12. The predicted octanol–water partition coefficient (Wildman–Crippen LogP) is 3.14. The Kier molecular flexibility index (Phi) is 7.14. The van der Waals surface area contributed by atoms with Crippen LogP contribution in [0.1, 0.15) is 31.0 Å². The molecule has 1 aliphatic rings. The molecule has 1 atom stereocenters. The van der Waals surface area contributed by atoms with Gasteiger partial charge in [0.15, 0.2) is 0 Å². The van der Waals surface area contributed by atoms with Crippen LogP contribution in [0.4, 0.5) is 0 Å². The molecule has 0 amide bonds. The van der Waals surface area contributed by atoms with E-state index in [0.29, 0.717) is 0 Å². The molecule has 5 heteroatoms. The Bertz CT molecular complexity index is 462. The van der Waals surface area contributed by atoms with Crippen molar-refractivity contribution in [2.24, 2.45) is 5.41 Å². The van der Waals surface area contributed by atoms with Gasteiger partial charge < -0.3 is 10.4 Å². The summed E-state index contributed by atoms with van der Waals surface area (Å²) in [5, 5.41) is 13.2. The van der Waals surface area contributed by atoms with E-state index >= 15 is 0 Å². The average Bonchev–Trinajstić information content (AvgIpc) is 2.43. The molecule has 0 radical (unpaired) electrons. The van der Waals surface area contributed by atoms with E-state index in [4.69, 9.17) is 0 Å². The van der Waals surface area contributed by atoms with Crippen molar-refractivity contribution in [1.29, 1.82) is 0 Å². The van der Waals surface area contributed by atoms with Crippen LogP contribution in [0.5, 0.6) is 0 Å². The van der Waals surface area contributed by atoms with E-state index in [0.717, 1.165) is 30.7 Å². The fraction of sp³-hybridized carbons (Fsp3) is 0.625. The van der Waals surface area contributed by atoms with Gasteiger partial charge in [-0.25, -0.2) is 0 Å². The molecule has 1 fully saturated rings. The van der Waals surface area contributed by atoms with Crippen LogP contribution in [0.15, 0.2) is 22.7 Å². The Morgan fingerprint density at radius 2 is 1.95 bits per heavy atom. The molecule has 1 saturated heterocycles. The van der Waals surface area contributed by atoms with E-state index in [1.54, 1.807) is 0 Å². The van der Waals surface area contributed by atoms with Crippen molar-refractivity contribution in [2.45, 2.75) is 26.8 Å². The summed E-state index contributed by atoms with van der Waals surface area (Å²) < 4.78 is 1.14. The lowest BCUT2D eigenvalue weighted by Crippen LogP contribution is -2.49. The SMILES string of the molecule is Cc1ccc([C@@H](N2CCNCC2)C(C)(C)CO)c(Br)c1.Cl. The van der Waals surface area contributed by atoms with Gasteiger partial charge in [0.05, 0.1) is 0 Å². The molecule has 2 N–H and O–H groups in total. The minimum atomic E-state index is -0.172. The van der Waals surface area contributed by atoms with Crippen molar-refractivity contribution in [3.63, 3.8) is 0 Å². The van der Waals surface area contributed by atoms with Gasteiger partial charge in [-0.1, -0.05) is 41.9 Å². The molecule has 1 aromatic rings. The van der Waals surface area contributed by atoms with Gasteiger partial charge in [-0.2, -0.15) is 0 Å². The maximum atomic E-state index is 9.84. The number of nitrogens with zero attached hydrogens (tertiary/aromatic N) is 1. The summed E-state index contributed by atoms with van der Waals surface area (Å²) in [5.41, 5.74) is 2.35. The first kappa shape index (κ1) is 18.9. The van der Waals surface area contributed by atoms with E-state index in [-0.39, 0.29) is 30.5 Å². The summed E-state index contributed by atoms with van der Waals surface area (Å²) in [6.07, 6.45) is 0. The lowest BCUT2D eigenvalue weighted by molar-refractivity contribution is 0.0301. The van der Waals surface area contributed by atoms with Gasteiger partial charge >= 0.3 is 0 Å². The van der Waals surface area contributed by atoms with E-state index in [9.17, 15) is 5.11 Å². The molecule has 0 bridgehead atoms. The van der Waals surface area contributed by atoms with Gasteiger partial charge in [0.2, 0.25) is 0 Å². The minimum Gasteiger partial charge on any atom is -0.396 e. The predicted molar refractivity (Wildman–Crippen MR) is 94.2 cm³/mol. The van der Waals surface area contributed by atoms with Crippen molar-refractivity contribution in [2.75, 3.05) is 32.8 Å². The second-order valence-corrected chi connectivity index (χ2v) is 7.21. The lowest BCUT2D eigenvalue weighted by Gasteiger charge is -2.44. The number of halogens is 2. The molecule has 0 unspecified atom stereocenters. The number of rotatable bonds is 4. The zero-order valence-electron chi connectivity index (χ0n) is 13.0. The maximum Gasteiger partial charge on any atom is 0.0500 e. The van der Waals surface area contributed by atoms with Crippen molar-refractivity contribution in [3.8, 4) is 0 Å². The van der Waals surface area contributed by atoms with E-state index < -0.39 is 0 Å². The molecule has 120 valence electrons. The van der Waals surface area contributed by atoms with Crippen LogP contribution in [-0.2, 0) is 0 Å². The van der Waals surface area contributed by atoms with Gasteiger partial charge in [-0.15, -0.1) is 12.4 Å². The fourth-order valence-electron chi connectivity index (χ4n) is 2.99. The Hall–Kier alpha value is -0.130. The number of piperazine rings is 1. The number of aliphatic hydroxyl groups is 1. The van der Waals surface area contributed by atoms with Gasteiger partial charge in [0.25, 0.3) is 0 Å². The van der Waals surface area contributed by atoms with Gasteiger partial charge in [-0.05, 0) is 24.1 Å².